The Bertz CT molecular complexity index is 1380. The molecule has 0 saturated carbocycles. The number of anilines is 1. The molecule has 7 nitrogen and oxygen atoms in total. The Morgan fingerprint density at radius 1 is 0.821 bits per heavy atom. The van der Waals surface area contributed by atoms with Crippen LogP contribution in [0.25, 0.3) is 0 Å². The zero-order valence-corrected chi connectivity index (χ0v) is 22.9. The lowest BCUT2D eigenvalue weighted by atomic mass is 9.67. The topological polar surface area (TPSA) is 84.9 Å². The van der Waals surface area contributed by atoms with Crippen molar-refractivity contribution >= 4 is 23.8 Å². The molecule has 0 radical (unpaired) electrons. The average Bonchev–Trinajstić information content (AvgIpc) is 3.10. The van der Waals surface area contributed by atoms with Gasteiger partial charge in [-0.05, 0) is 76.4 Å². The molecule has 0 spiro atoms. The zero-order chi connectivity index (χ0) is 28.6. The molecule has 3 amide bonds. The third kappa shape index (κ3) is 5.50. The Kier molecular flexibility index (Phi) is 7.25. The van der Waals surface area contributed by atoms with Crippen LogP contribution in [0.1, 0.15) is 64.3 Å². The molecule has 1 heterocycles. The molecule has 204 valence electrons. The van der Waals surface area contributed by atoms with E-state index in [0.29, 0.717) is 22.4 Å². The van der Waals surface area contributed by atoms with Crippen LogP contribution < -0.4 is 10.2 Å². The fourth-order valence-corrected chi connectivity index (χ4v) is 4.84. The second-order valence-corrected chi connectivity index (χ2v) is 11.4. The summed E-state index contributed by atoms with van der Waals surface area (Å²) in [6.45, 7) is 10.3. The minimum absolute atomic E-state index is 0.332. The van der Waals surface area contributed by atoms with E-state index in [2.05, 4.69) is 5.32 Å². The highest BCUT2D eigenvalue weighted by Gasteiger charge is 2.60. The van der Waals surface area contributed by atoms with Crippen molar-refractivity contribution in [2.45, 2.75) is 64.2 Å². The first-order valence-electron chi connectivity index (χ1n) is 12.7. The quantitative estimate of drug-likeness (QED) is 0.406. The van der Waals surface area contributed by atoms with Gasteiger partial charge in [-0.15, -0.1) is 0 Å². The van der Waals surface area contributed by atoms with Crippen molar-refractivity contribution in [3.8, 4) is 0 Å². The molecule has 0 bridgehead atoms. The number of amides is 3. The summed E-state index contributed by atoms with van der Waals surface area (Å²) in [5.41, 5.74) is -1.52. The van der Waals surface area contributed by atoms with E-state index < -0.39 is 46.6 Å². The number of nitrogens with one attached hydrogen (secondary N) is 1. The summed E-state index contributed by atoms with van der Waals surface area (Å²) in [5.74, 6) is -1.09. The van der Waals surface area contributed by atoms with Crippen molar-refractivity contribution in [2.75, 3.05) is 4.90 Å². The van der Waals surface area contributed by atoms with Crippen molar-refractivity contribution in [2.24, 2.45) is 0 Å². The molecular formula is C31H33FN2O5. The maximum absolute atomic E-state index is 14.7. The number of carbonyl (C=O) groups excluding carboxylic acids is 3. The van der Waals surface area contributed by atoms with Crippen molar-refractivity contribution < 1.29 is 28.2 Å². The highest BCUT2D eigenvalue weighted by atomic mass is 19.1. The van der Waals surface area contributed by atoms with Gasteiger partial charge in [-0.3, -0.25) is 4.79 Å². The molecule has 3 aromatic carbocycles. The predicted octanol–water partition coefficient (Wildman–Crippen LogP) is 6.66. The number of alkyl carbamates (subject to hydrolysis) is 1. The molecule has 0 saturated heterocycles. The number of benzene rings is 3. The van der Waals surface area contributed by atoms with Gasteiger partial charge in [0.2, 0.25) is 0 Å². The van der Waals surface area contributed by atoms with Crippen molar-refractivity contribution in [3.63, 3.8) is 0 Å². The number of halogens is 1. The number of carbonyl (C=O) groups is 3. The van der Waals surface area contributed by atoms with Crippen LogP contribution in [0.2, 0.25) is 0 Å². The highest BCUT2D eigenvalue weighted by Crippen LogP contribution is 2.53. The fourth-order valence-electron chi connectivity index (χ4n) is 4.84. The normalized spacial score (nSPS) is 17.8. The molecule has 1 aliphatic heterocycles. The van der Waals surface area contributed by atoms with Gasteiger partial charge in [0.25, 0.3) is 5.91 Å². The minimum Gasteiger partial charge on any atom is -0.444 e. The lowest BCUT2D eigenvalue weighted by Gasteiger charge is -2.38. The summed E-state index contributed by atoms with van der Waals surface area (Å²) < 4.78 is 25.2. The van der Waals surface area contributed by atoms with Crippen molar-refractivity contribution in [1.29, 1.82) is 0 Å². The van der Waals surface area contributed by atoms with Crippen LogP contribution in [0.5, 0.6) is 0 Å². The molecule has 2 atom stereocenters. The van der Waals surface area contributed by atoms with Crippen LogP contribution in [-0.4, -0.2) is 29.3 Å². The van der Waals surface area contributed by atoms with E-state index in [1.807, 2.05) is 6.07 Å². The first-order chi connectivity index (χ1) is 18.2. The van der Waals surface area contributed by atoms with Crippen LogP contribution in [0, 0.1) is 5.82 Å². The number of nitrogens with zero attached hydrogens (tertiary/aromatic N) is 1. The van der Waals surface area contributed by atoms with E-state index >= 15 is 0 Å². The SMILES string of the molecule is CC(C)(C)OC(=O)NC(c1ccc(F)cc1)[C@@]1(c2ccccc2)C(=O)N(C(=O)OC(C)(C)C)c2ccccc21. The lowest BCUT2D eigenvalue weighted by Crippen LogP contribution is -2.53. The number of hydrogen-bond donors (Lipinski definition) is 1. The molecule has 1 aliphatic rings. The van der Waals surface area contributed by atoms with E-state index in [9.17, 15) is 18.8 Å². The van der Waals surface area contributed by atoms with Crippen LogP contribution in [-0.2, 0) is 19.7 Å². The van der Waals surface area contributed by atoms with Crippen molar-refractivity contribution in [3.05, 3.63) is 101 Å². The van der Waals surface area contributed by atoms with Gasteiger partial charge in [0.1, 0.15) is 22.4 Å². The van der Waals surface area contributed by atoms with E-state index in [-0.39, 0.29) is 0 Å². The highest BCUT2D eigenvalue weighted by molar-refractivity contribution is 6.23. The molecule has 0 fully saturated rings. The number of fused-ring (bicyclic) bond motifs is 1. The Hall–Kier alpha value is -4.20. The van der Waals surface area contributed by atoms with E-state index in [4.69, 9.17) is 9.47 Å². The van der Waals surface area contributed by atoms with Gasteiger partial charge < -0.3 is 14.8 Å². The van der Waals surface area contributed by atoms with Crippen LogP contribution in [0.4, 0.5) is 19.7 Å². The number of ether oxygens (including phenoxy) is 2. The van der Waals surface area contributed by atoms with Crippen LogP contribution in [0.3, 0.4) is 0 Å². The average molecular weight is 533 g/mol. The molecule has 1 unspecified atom stereocenters. The van der Waals surface area contributed by atoms with Gasteiger partial charge in [0.05, 0.1) is 11.7 Å². The third-order valence-corrected chi connectivity index (χ3v) is 6.21. The summed E-state index contributed by atoms with van der Waals surface area (Å²) in [7, 11) is 0. The van der Waals surface area contributed by atoms with Crippen LogP contribution in [0.15, 0.2) is 78.9 Å². The molecule has 0 aliphatic carbocycles. The first-order valence-corrected chi connectivity index (χ1v) is 12.7. The molecule has 1 N–H and O–H groups in total. The second-order valence-electron chi connectivity index (χ2n) is 11.4. The van der Waals surface area contributed by atoms with Gasteiger partial charge >= 0.3 is 12.2 Å². The summed E-state index contributed by atoms with van der Waals surface area (Å²) in [4.78, 5) is 42.5. The van der Waals surface area contributed by atoms with Gasteiger partial charge in [-0.2, -0.15) is 0 Å². The molecular weight excluding hydrogens is 499 g/mol. The molecule has 4 rings (SSSR count). The predicted molar refractivity (Wildman–Crippen MR) is 146 cm³/mol. The summed E-state index contributed by atoms with van der Waals surface area (Å²) in [5, 5.41) is 2.89. The maximum atomic E-state index is 14.7. The van der Waals surface area contributed by atoms with Gasteiger partial charge in [0, 0.05) is 0 Å². The smallest absolute Gasteiger partial charge is 0.421 e. The van der Waals surface area contributed by atoms with Crippen LogP contribution >= 0.6 is 0 Å². The Morgan fingerprint density at radius 2 is 1.38 bits per heavy atom. The van der Waals surface area contributed by atoms with Gasteiger partial charge in [0.15, 0.2) is 0 Å². The largest absolute Gasteiger partial charge is 0.444 e. The molecule has 3 aromatic rings. The number of rotatable bonds is 4. The van der Waals surface area contributed by atoms with E-state index in [1.54, 1.807) is 90.1 Å². The molecule has 0 aromatic heterocycles. The Labute approximate surface area is 227 Å². The summed E-state index contributed by atoms with van der Waals surface area (Å²) >= 11 is 0. The van der Waals surface area contributed by atoms with E-state index in [1.165, 1.54) is 24.3 Å². The number of para-hydroxylation sites is 1. The van der Waals surface area contributed by atoms with Gasteiger partial charge in [-0.25, -0.2) is 18.9 Å². The number of hydrogen-bond acceptors (Lipinski definition) is 5. The minimum atomic E-state index is -1.62. The monoisotopic (exact) mass is 532 g/mol. The number of imide groups is 1. The Balaban J connectivity index is 2.01. The second kappa shape index (κ2) is 10.2. The summed E-state index contributed by atoms with van der Waals surface area (Å²) in [6, 6.07) is 20.2. The standard InChI is InChI=1S/C31H33FN2O5/c1-29(2,3)38-27(36)33-25(20-16-18-22(32)19-17-20)31(21-12-8-7-9-13-21)23-14-10-11-15-24(23)34(26(31)35)28(37)39-30(4,5)6/h7-19,25H,1-6H3,(H,33,36)/t25?,31-/m0/s1. The maximum Gasteiger partial charge on any atom is 0.421 e. The van der Waals surface area contributed by atoms with Gasteiger partial charge in [-0.1, -0.05) is 60.7 Å². The fraction of sp³-hybridized carbons (Fsp3) is 0.323. The first kappa shape index (κ1) is 27.8. The zero-order valence-electron chi connectivity index (χ0n) is 22.9. The third-order valence-electron chi connectivity index (χ3n) is 6.21. The summed E-state index contributed by atoms with van der Waals surface area (Å²) in [6.07, 6.45) is -1.61. The van der Waals surface area contributed by atoms with Crippen molar-refractivity contribution in [1.82, 2.24) is 5.32 Å². The molecule has 39 heavy (non-hydrogen) atoms. The van der Waals surface area contributed by atoms with E-state index in [0.717, 1.165) is 4.90 Å². The lowest BCUT2D eigenvalue weighted by molar-refractivity contribution is -0.122. The Morgan fingerprint density at radius 3 is 1.97 bits per heavy atom. The molecule has 8 heteroatoms.